The van der Waals surface area contributed by atoms with E-state index in [2.05, 4.69) is 5.32 Å². The van der Waals surface area contributed by atoms with E-state index in [1.54, 1.807) is 0 Å². The van der Waals surface area contributed by atoms with Crippen LogP contribution in [0.25, 0.3) is 0 Å². The minimum Gasteiger partial charge on any atom is -0.396 e. The topological polar surface area (TPSA) is 52.5 Å². The van der Waals surface area contributed by atoms with Crippen molar-refractivity contribution >= 4 is 17.4 Å². The SMILES string of the molecule is OCCCCSc1cc(C(O)Nc2cc(F)c(F)c(F)c2)ccc1F. The minimum atomic E-state index is -1.59. The number of hydrogen-bond acceptors (Lipinski definition) is 4. The number of aliphatic hydroxyl groups is 2. The van der Waals surface area contributed by atoms with Crippen LogP contribution in [0, 0.1) is 23.3 Å². The quantitative estimate of drug-likeness (QED) is 0.213. The lowest BCUT2D eigenvalue weighted by molar-refractivity contribution is 0.207. The van der Waals surface area contributed by atoms with Crippen molar-refractivity contribution in [3.05, 3.63) is 59.2 Å². The van der Waals surface area contributed by atoms with Crippen LogP contribution in [-0.4, -0.2) is 22.6 Å². The number of unbranched alkanes of at least 4 members (excludes halogenated alkanes) is 1. The van der Waals surface area contributed by atoms with E-state index in [0.717, 1.165) is 12.1 Å². The zero-order chi connectivity index (χ0) is 18.4. The molecule has 0 saturated heterocycles. The normalized spacial score (nSPS) is 12.2. The summed E-state index contributed by atoms with van der Waals surface area (Å²) in [6.07, 6.45) is -0.0402. The molecule has 136 valence electrons. The Labute approximate surface area is 146 Å². The van der Waals surface area contributed by atoms with E-state index >= 15 is 0 Å². The van der Waals surface area contributed by atoms with Crippen molar-refractivity contribution in [1.29, 1.82) is 0 Å². The van der Waals surface area contributed by atoms with Crippen molar-refractivity contribution in [2.45, 2.75) is 24.0 Å². The van der Waals surface area contributed by atoms with E-state index in [1.165, 1.54) is 30.0 Å². The number of aliphatic hydroxyl groups excluding tert-OH is 2. The maximum absolute atomic E-state index is 13.8. The molecule has 3 N–H and O–H groups in total. The first-order valence-electron chi connectivity index (χ1n) is 7.54. The van der Waals surface area contributed by atoms with Gasteiger partial charge in [0.05, 0.1) is 0 Å². The second-order valence-corrected chi connectivity index (χ2v) is 6.41. The number of anilines is 1. The summed E-state index contributed by atoms with van der Waals surface area (Å²) < 4.78 is 53.2. The molecular weight excluding hydrogens is 358 g/mol. The van der Waals surface area contributed by atoms with Crippen molar-refractivity contribution in [2.24, 2.45) is 0 Å². The third-order valence-corrected chi connectivity index (χ3v) is 4.48. The van der Waals surface area contributed by atoms with Gasteiger partial charge in [0.2, 0.25) is 0 Å². The Balaban J connectivity index is 2.09. The molecule has 2 aromatic carbocycles. The molecule has 0 aromatic heterocycles. The van der Waals surface area contributed by atoms with E-state index in [1.807, 2.05) is 0 Å². The lowest BCUT2D eigenvalue weighted by Crippen LogP contribution is -2.11. The molecule has 8 heteroatoms. The van der Waals surface area contributed by atoms with Gasteiger partial charge in [-0.1, -0.05) is 6.07 Å². The van der Waals surface area contributed by atoms with Crippen LogP contribution in [0.3, 0.4) is 0 Å². The average Bonchev–Trinajstić information content (AvgIpc) is 2.57. The van der Waals surface area contributed by atoms with Gasteiger partial charge in [0.1, 0.15) is 5.82 Å². The molecule has 1 atom stereocenters. The molecule has 0 bridgehead atoms. The summed E-state index contributed by atoms with van der Waals surface area (Å²) >= 11 is 1.24. The summed E-state index contributed by atoms with van der Waals surface area (Å²) in [6, 6.07) is 5.37. The van der Waals surface area contributed by atoms with Crippen LogP contribution >= 0.6 is 11.8 Å². The van der Waals surface area contributed by atoms with Crippen LogP contribution in [0.1, 0.15) is 24.6 Å². The predicted octanol–water partition coefficient (Wildman–Crippen LogP) is 4.21. The van der Waals surface area contributed by atoms with Crippen LogP contribution < -0.4 is 5.32 Å². The lowest BCUT2D eigenvalue weighted by Gasteiger charge is -2.16. The number of halogens is 4. The lowest BCUT2D eigenvalue weighted by atomic mass is 10.2. The third-order valence-electron chi connectivity index (χ3n) is 3.37. The largest absolute Gasteiger partial charge is 0.396 e. The molecule has 1 unspecified atom stereocenters. The fourth-order valence-electron chi connectivity index (χ4n) is 2.08. The first kappa shape index (κ1) is 19.6. The summed E-state index contributed by atoms with van der Waals surface area (Å²) in [5.41, 5.74) is 0.140. The van der Waals surface area contributed by atoms with Crippen molar-refractivity contribution in [2.75, 3.05) is 17.7 Å². The smallest absolute Gasteiger partial charge is 0.194 e. The highest BCUT2D eigenvalue weighted by Crippen LogP contribution is 2.28. The summed E-state index contributed by atoms with van der Waals surface area (Å²) in [6.45, 7) is 0.0660. The second kappa shape index (κ2) is 9.07. The standard InChI is InChI=1S/C17H17F4NO2S/c18-12-4-3-10(7-15(12)25-6-2-1-5-23)17(24)22-11-8-13(19)16(21)14(20)9-11/h3-4,7-9,17,22-24H,1-2,5-6H2. The third kappa shape index (κ3) is 5.35. The second-order valence-electron chi connectivity index (χ2n) is 5.27. The molecule has 0 aliphatic heterocycles. The zero-order valence-electron chi connectivity index (χ0n) is 13.1. The Morgan fingerprint density at radius 3 is 2.28 bits per heavy atom. The highest BCUT2D eigenvalue weighted by atomic mass is 32.2. The minimum absolute atomic E-state index is 0.0660. The van der Waals surface area contributed by atoms with Crippen LogP contribution in [0.4, 0.5) is 23.2 Å². The van der Waals surface area contributed by atoms with Crippen LogP contribution in [-0.2, 0) is 0 Å². The summed E-state index contributed by atoms with van der Waals surface area (Å²) in [7, 11) is 0. The van der Waals surface area contributed by atoms with Crippen LogP contribution in [0.2, 0.25) is 0 Å². The predicted molar refractivity (Wildman–Crippen MR) is 88.3 cm³/mol. The Kier molecular flexibility index (Phi) is 7.10. The van der Waals surface area contributed by atoms with Gasteiger partial charge in [0, 0.05) is 34.9 Å². The summed E-state index contributed by atoms with van der Waals surface area (Å²) in [5, 5.41) is 21.3. The van der Waals surface area contributed by atoms with E-state index in [4.69, 9.17) is 5.11 Å². The van der Waals surface area contributed by atoms with Gasteiger partial charge >= 0.3 is 0 Å². The first-order chi connectivity index (χ1) is 11.9. The van der Waals surface area contributed by atoms with Gasteiger partial charge in [-0.05, 0) is 30.7 Å². The molecule has 0 fully saturated rings. The monoisotopic (exact) mass is 375 g/mol. The molecule has 0 spiro atoms. The van der Waals surface area contributed by atoms with Gasteiger partial charge in [-0.3, -0.25) is 0 Å². The van der Waals surface area contributed by atoms with Gasteiger partial charge < -0.3 is 15.5 Å². The van der Waals surface area contributed by atoms with Crippen LogP contribution in [0.15, 0.2) is 35.2 Å². The summed E-state index contributed by atoms with van der Waals surface area (Å²) in [4.78, 5) is 0.313. The highest BCUT2D eigenvalue weighted by molar-refractivity contribution is 7.99. The van der Waals surface area contributed by atoms with Gasteiger partial charge in [-0.25, -0.2) is 17.6 Å². The molecule has 0 saturated carbocycles. The van der Waals surface area contributed by atoms with E-state index < -0.39 is 29.5 Å². The number of thioether (sulfide) groups is 1. The molecule has 25 heavy (non-hydrogen) atoms. The average molecular weight is 375 g/mol. The fourth-order valence-corrected chi connectivity index (χ4v) is 3.07. The molecular formula is C17H17F4NO2S. The van der Waals surface area contributed by atoms with E-state index in [-0.39, 0.29) is 17.9 Å². The Morgan fingerprint density at radius 1 is 0.960 bits per heavy atom. The van der Waals surface area contributed by atoms with Gasteiger partial charge in [0.25, 0.3) is 0 Å². The van der Waals surface area contributed by atoms with Gasteiger partial charge in [-0.15, -0.1) is 11.8 Å². The summed E-state index contributed by atoms with van der Waals surface area (Å²) in [5.74, 6) is -4.21. The first-order valence-corrected chi connectivity index (χ1v) is 8.53. The molecule has 2 aromatic rings. The molecule has 0 radical (unpaired) electrons. The molecule has 3 nitrogen and oxygen atoms in total. The van der Waals surface area contributed by atoms with Crippen LogP contribution in [0.5, 0.6) is 0 Å². The van der Waals surface area contributed by atoms with E-state index in [9.17, 15) is 22.7 Å². The zero-order valence-corrected chi connectivity index (χ0v) is 13.9. The van der Waals surface area contributed by atoms with Crippen molar-refractivity contribution in [3.8, 4) is 0 Å². The number of hydrogen-bond donors (Lipinski definition) is 3. The number of benzene rings is 2. The molecule has 2 rings (SSSR count). The molecule has 0 aliphatic rings. The fraction of sp³-hybridized carbons (Fsp3) is 0.294. The Bertz CT molecular complexity index is 707. The van der Waals surface area contributed by atoms with Crippen molar-refractivity contribution in [1.82, 2.24) is 0 Å². The van der Waals surface area contributed by atoms with Crippen molar-refractivity contribution < 1.29 is 27.8 Å². The van der Waals surface area contributed by atoms with E-state index in [0.29, 0.717) is 23.5 Å². The Morgan fingerprint density at radius 2 is 1.64 bits per heavy atom. The maximum atomic E-state index is 13.8. The number of rotatable bonds is 8. The maximum Gasteiger partial charge on any atom is 0.194 e. The number of nitrogens with one attached hydrogen (secondary N) is 1. The molecule has 0 heterocycles. The molecule has 0 amide bonds. The highest BCUT2D eigenvalue weighted by Gasteiger charge is 2.15. The molecule has 0 aliphatic carbocycles. The van der Waals surface area contributed by atoms with Gasteiger partial charge in [-0.2, -0.15) is 0 Å². The van der Waals surface area contributed by atoms with Gasteiger partial charge in [0.15, 0.2) is 23.7 Å². The Hall–Kier alpha value is -1.77. The van der Waals surface area contributed by atoms with Crippen molar-refractivity contribution in [3.63, 3.8) is 0 Å².